The van der Waals surface area contributed by atoms with E-state index in [0.29, 0.717) is 17.5 Å². The number of aliphatic imine (C=N–C) groups is 1. The van der Waals surface area contributed by atoms with Gasteiger partial charge < -0.3 is 9.84 Å². The van der Waals surface area contributed by atoms with Gasteiger partial charge in [0.1, 0.15) is 11.4 Å². The molecule has 0 saturated carbocycles. The van der Waals surface area contributed by atoms with E-state index < -0.39 is 0 Å². The molecule has 1 N–H and O–H groups in total. The number of pyridine rings is 1. The van der Waals surface area contributed by atoms with E-state index in [1.807, 2.05) is 6.21 Å². The molecule has 0 amide bonds. The average molecular weight is 298 g/mol. The van der Waals surface area contributed by atoms with Gasteiger partial charge in [-0.3, -0.25) is 4.99 Å². The van der Waals surface area contributed by atoms with Gasteiger partial charge in [0.05, 0.1) is 11.6 Å². The molecule has 4 nitrogen and oxygen atoms in total. The van der Waals surface area contributed by atoms with Gasteiger partial charge in [-0.1, -0.05) is 11.6 Å². The van der Waals surface area contributed by atoms with Crippen LogP contribution >= 0.6 is 0 Å². The lowest BCUT2D eigenvalue weighted by atomic mass is 9.75. The second-order valence-corrected chi connectivity index (χ2v) is 7.26. The Hall–Kier alpha value is -1.84. The average Bonchev–Trinajstić information content (AvgIpc) is 3.08. The molecule has 22 heavy (non-hydrogen) atoms. The summed E-state index contributed by atoms with van der Waals surface area (Å²) in [5, 5.41) is 10.9. The molecule has 3 atom stereocenters. The van der Waals surface area contributed by atoms with Gasteiger partial charge in [-0.2, -0.15) is 0 Å². The van der Waals surface area contributed by atoms with E-state index in [1.165, 1.54) is 5.57 Å². The summed E-state index contributed by atoms with van der Waals surface area (Å²) in [6.45, 7) is 6.39. The summed E-state index contributed by atoms with van der Waals surface area (Å²) in [6, 6.07) is 0.0395. The molecule has 116 valence electrons. The second kappa shape index (κ2) is 4.58. The van der Waals surface area contributed by atoms with E-state index >= 15 is 0 Å². The van der Waals surface area contributed by atoms with Gasteiger partial charge in [-0.05, 0) is 46.2 Å². The number of rotatable bonds is 1. The Morgan fingerprint density at radius 2 is 2.18 bits per heavy atom. The molecule has 0 saturated heterocycles. The zero-order valence-electron chi connectivity index (χ0n) is 13.3. The summed E-state index contributed by atoms with van der Waals surface area (Å²) < 4.78 is 6.14. The minimum absolute atomic E-state index is 0.0395. The number of hydrogen-bond donors (Lipinski definition) is 1. The fraction of sp³-hybridized carbons (Fsp3) is 0.556. The van der Waals surface area contributed by atoms with E-state index in [1.54, 1.807) is 6.20 Å². The summed E-state index contributed by atoms with van der Waals surface area (Å²) >= 11 is 0. The maximum absolute atomic E-state index is 10.9. The Morgan fingerprint density at radius 1 is 1.36 bits per heavy atom. The first kappa shape index (κ1) is 13.8. The molecule has 3 unspecified atom stereocenters. The van der Waals surface area contributed by atoms with Crippen molar-refractivity contribution in [1.82, 2.24) is 4.98 Å². The number of hydrogen-bond acceptors (Lipinski definition) is 4. The van der Waals surface area contributed by atoms with Gasteiger partial charge in [0.15, 0.2) is 0 Å². The number of aromatic nitrogens is 1. The van der Waals surface area contributed by atoms with Gasteiger partial charge in [0.25, 0.3) is 0 Å². The molecule has 0 fully saturated rings. The lowest BCUT2D eigenvalue weighted by Gasteiger charge is -2.41. The van der Waals surface area contributed by atoms with Crippen LogP contribution in [0, 0.1) is 5.92 Å². The van der Waals surface area contributed by atoms with Crippen LogP contribution in [0.2, 0.25) is 0 Å². The van der Waals surface area contributed by atoms with E-state index in [9.17, 15) is 5.11 Å². The number of allylic oxidation sites excluding steroid dienone is 2. The normalized spacial score (nSPS) is 31.4. The first-order valence-corrected chi connectivity index (χ1v) is 8.07. The van der Waals surface area contributed by atoms with Gasteiger partial charge in [0.2, 0.25) is 5.88 Å². The Labute approximate surface area is 130 Å². The molecule has 1 aliphatic carbocycles. The zero-order chi connectivity index (χ0) is 15.5. The van der Waals surface area contributed by atoms with Crippen LogP contribution in [-0.2, 0) is 0 Å². The molecule has 1 aromatic rings. The van der Waals surface area contributed by atoms with Crippen molar-refractivity contribution in [3.05, 3.63) is 29.0 Å². The molecule has 4 rings (SSSR count). The van der Waals surface area contributed by atoms with Crippen molar-refractivity contribution in [2.75, 3.05) is 0 Å². The molecule has 0 spiro atoms. The van der Waals surface area contributed by atoms with Crippen molar-refractivity contribution < 1.29 is 9.84 Å². The minimum Gasteiger partial charge on any atom is -0.507 e. The van der Waals surface area contributed by atoms with Crippen LogP contribution in [0.15, 0.2) is 22.8 Å². The minimum atomic E-state index is -0.265. The van der Waals surface area contributed by atoms with Crippen LogP contribution < -0.4 is 4.74 Å². The third-order valence-electron chi connectivity index (χ3n) is 5.32. The van der Waals surface area contributed by atoms with E-state index in [4.69, 9.17) is 4.74 Å². The van der Waals surface area contributed by atoms with Crippen molar-refractivity contribution in [3.63, 3.8) is 0 Å². The molecule has 0 aromatic carbocycles. The van der Waals surface area contributed by atoms with Crippen molar-refractivity contribution in [3.8, 4) is 11.6 Å². The van der Waals surface area contributed by atoms with Crippen LogP contribution in [0.3, 0.4) is 0 Å². The highest BCUT2D eigenvalue weighted by Crippen LogP contribution is 2.55. The highest BCUT2D eigenvalue weighted by molar-refractivity contribution is 5.62. The van der Waals surface area contributed by atoms with Gasteiger partial charge in [-0.15, -0.1) is 0 Å². The molecular weight excluding hydrogens is 276 g/mol. The highest BCUT2D eigenvalue weighted by Gasteiger charge is 2.47. The third-order valence-corrected chi connectivity index (χ3v) is 5.32. The second-order valence-electron chi connectivity index (χ2n) is 7.26. The fourth-order valence-electron chi connectivity index (χ4n) is 4.14. The van der Waals surface area contributed by atoms with E-state index in [-0.39, 0.29) is 17.6 Å². The van der Waals surface area contributed by atoms with Gasteiger partial charge >= 0.3 is 0 Å². The smallest absolute Gasteiger partial charge is 0.221 e. The number of aromatic hydroxyl groups is 1. The molecule has 0 radical (unpaired) electrons. The van der Waals surface area contributed by atoms with Crippen LogP contribution in [0.4, 0.5) is 0 Å². The van der Waals surface area contributed by atoms with Gasteiger partial charge in [-0.25, -0.2) is 4.98 Å². The molecular formula is C18H22N2O2. The molecule has 2 aliphatic heterocycles. The lowest BCUT2D eigenvalue weighted by molar-refractivity contribution is 0.0173. The van der Waals surface area contributed by atoms with E-state index in [0.717, 1.165) is 30.4 Å². The third kappa shape index (κ3) is 1.89. The quantitative estimate of drug-likeness (QED) is 0.800. The highest BCUT2D eigenvalue weighted by atomic mass is 16.5. The Bertz CT molecular complexity index is 691. The van der Waals surface area contributed by atoms with Crippen LogP contribution in [0.1, 0.15) is 63.1 Å². The number of fused-ring (bicyclic) bond motifs is 3. The lowest BCUT2D eigenvalue weighted by Crippen LogP contribution is -2.43. The van der Waals surface area contributed by atoms with Crippen LogP contribution in [0.5, 0.6) is 11.6 Å². The number of nitrogens with zero attached hydrogens (tertiary/aromatic N) is 2. The molecule has 1 aromatic heterocycles. The predicted molar refractivity (Wildman–Crippen MR) is 85.7 cm³/mol. The summed E-state index contributed by atoms with van der Waals surface area (Å²) in [5.74, 6) is 1.47. The Balaban J connectivity index is 1.85. The largest absolute Gasteiger partial charge is 0.507 e. The predicted octanol–water partition coefficient (Wildman–Crippen LogP) is 3.91. The van der Waals surface area contributed by atoms with Crippen molar-refractivity contribution in [2.24, 2.45) is 10.9 Å². The number of ether oxygens (including phenoxy) is 1. The maximum Gasteiger partial charge on any atom is 0.221 e. The van der Waals surface area contributed by atoms with Crippen molar-refractivity contribution in [1.29, 1.82) is 0 Å². The molecule has 4 heteroatoms. The topological polar surface area (TPSA) is 54.7 Å². The van der Waals surface area contributed by atoms with Crippen LogP contribution in [-0.4, -0.2) is 21.9 Å². The fourth-order valence-corrected chi connectivity index (χ4v) is 4.14. The van der Waals surface area contributed by atoms with E-state index in [2.05, 4.69) is 36.8 Å². The maximum atomic E-state index is 10.9. The monoisotopic (exact) mass is 298 g/mol. The Morgan fingerprint density at radius 3 is 2.91 bits per heavy atom. The zero-order valence-corrected chi connectivity index (χ0v) is 13.3. The first-order valence-electron chi connectivity index (χ1n) is 8.07. The molecule has 3 heterocycles. The SMILES string of the molecule is CC1=CC2c3c(ncc(C4CCC=N4)c3O)OC(C)(C)C2C1. The van der Waals surface area contributed by atoms with Crippen molar-refractivity contribution in [2.45, 2.75) is 57.6 Å². The summed E-state index contributed by atoms with van der Waals surface area (Å²) in [5.41, 5.74) is 2.80. The molecule has 0 bridgehead atoms. The summed E-state index contributed by atoms with van der Waals surface area (Å²) in [6.07, 6.45) is 8.88. The molecule has 3 aliphatic rings. The summed E-state index contributed by atoms with van der Waals surface area (Å²) in [4.78, 5) is 8.98. The van der Waals surface area contributed by atoms with Crippen molar-refractivity contribution >= 4 is 6.21 Å². The first-order chi connectivity index (χ1) is 10.5. The van der Waals surface area contributed by atoms with Gasteiger partial charge in [0, 0.05) is 23.6 Å². The van der Waals surface area contributed by atoms with Crippen LogP contribution in [0.25, 0.3) is 0 Å². The Kier molecular flexibility index (Phi) is 2.87. The summed E-state index contributed by atoms with van der Waals surface area (Å²) in [7, 11) is 0. The standard InChI is InChI=1S/C18H22N2O2/c1-10-7-11-13(8-10)18(2,3)22-17-15(11)16(21)12(9-20-17)14-5-4-6-19-14/h6-7,9,11,13-14H,4-5,8H2,1-3H3,(H,20,21).